The van der Waals surface area contributed by atoms with Crippen LogP contribution in [0.25, 0.3) is 0 Å². The smallest absolute Gasteiger partial charge is 0.133 e. The van der Waals surface area contributed by atoms with Gasteiger partial charge in [0.2, 0.25) is 0 Å². The van der Waals surface area contributed by atoms with Gasteiger partial charge in [0.1, 0.15) is 5.75 Å². The summed E-state index contributed by atoms with van der Waals surface area (Å²) in [6, 6.07) is 7.97. The molecule has 0 saturated carbocycles. The topological polar surface area (TPSA) is 21.3 Å². The van der Waals surface area contributed by atoms with Crippen LogP contribution in [-0.2, 0) is 0 Å². The van der Waals surface area contributed by atoms with Crippen LogP contribution in [0.1, 0.15) is 26.2 Å². The van der Waals surface area contributed by atoms with E-state index >= 15 is 0 Å². The first-order chi connectivity index (χ1) is 7.84. The zero-order chi connectivity index (χ0) is 11.6. The predicted molar refractivity (Wildman–Crippen MR) is 72.0 cm³/mol. The highest BCUT2D eigenvalue weighted by Gasteiger charge is 1.98. The maximum atomic E-state index is 5.68. The Kier molecular flexibility index (Phi) is 7.26. The van der Waals surface area contributed by atoms with Crippen molar-refractivity contribution in [2.24, 2.45) is 0 Å². The average Bonchev–Trinajstić information content (AvgIpc) is 2.30. The standard InChI is InChI=1S/C13H20BrNO/c1-2-15-10-6-3-7-11-16-13-9-5-4-8-12(13)14/h4-5,8-9,15H,2-3,6-7,10-11H2,1H3. The third-order valence-electron chi connectivity index (χ3n) is 2.34. The molecule has 16 heavy (non-hydrogen) atoms. The van der Waals surface area contributed by atoms with E-state index in [2.05, 4.69) is 28.2 Å². The molecule has 90 valence electrons. The lowest BCUT2D eigenvalue weighted by Gasteiger charge is -2.07. The van der Waals surface area contributed by atoms with Crippen LogP contribution in [0, 0.1) is 0 Å². The monoisotopic (exact) mass is 285 g/mol. The van der Waals surface area contributed by atoms with Gasteiger partial charge in [-0.25, -0.2) is 0 Å². The van der Waals surface area contributed by atoms with Gasteiger partial charge in [0.15, 0.2) is 0 Å². The summed E-state index contributed by atoms with van der Waals surface area (Å²) in [6.07, 6.45) is 3.57. The Morgan fingerprint density at radius 2 is 2.00 bits per heavy atom. The molecule has 0 aliphatic rings. The molecule has 0 saturated heterocycles. The molecule has 0 fully saturated rings. The molecule has 1 rings (SSSR count). The molecule has 0 amide bonds. The van der Waals surface area contributed by atoms with Crippen molar-refractivity contribution >= 4 is 15.9 Å². The minimum absolute atomic E-state index is 0.800. The third kappa shape index (κ3) is 5.52. The Balaban J connectivity index is 2.05. The van der Waals surface area contributed by atoms with Crippen molar-refractivity contribution in [2.75, 3.05) is 19.7 Å². The molecule has 0 radical (unpaired) electrons. The van der Waals surface area contributed by atoms with E-state index in [4.69, 9.17) is 4.74 Å². The molecule has 1 aromatic carbocycles. The molecule has 0 bridgehead atoms. The maximum absolute atomic E-state index is 5.68. The number of hydrogen-bond acceptors (Lipinski definition) is 2. The van der Waals surface area contributed by atoms with Crippen LogP contribution in [0.3, 0.4) is 0 Å². The van der Waals surface area contributed by atoms with Gasteiger partial charge < -0.3 is 10.1 Å². The average molecular weight is 286 g/mol. The van der Waals surface area contributed by atoms with E-state index in [1.165, 1.54) is 12.8 Å². The van der Waals surface area contributed by atoms with Crippen molar-refractivity contribution in [3.63, 3.8) is 0 Å². The van der Waals surface area contributed by atoms with Crippen LogP contribution in [0.2, 0.25) is 0 Å². The van der Waals surface area contributed by atoms with Gasteiger partial charge in [-0.2, -0.15) is 0 Å². The fourth-order valence-electron chi connectivity index (χ4n) is 1.45. The number of benzene rings is 1. The van der Waals surface area contributed by atoms with E-state index in [9.17, 15) is 0 Å². The first-order valence-electron chi connectivity index (χ1n) is 5.92. The Labute approximate surface area is 107 Å². The molecule has 0 aliphatic carbocycles. The van der Waals surface area contributed by atoms with Crippen LogP contribution in [0.4, 0.5) is 0 Å². The molecule has 1 N–H and O–H groups in total. The first-order valence-corrected chi connectivity index (χ1v) is 6.72. The summed E-state index contributed by atoms with van der Waals surface area (Å²) in [5.74, 6) is 0.939. The molecule has 0 unspecified atom stereocenters. The van der Waals surface area contributed by atoms with E-state index in [0.717, 1.165) is 36.3 Å². The summed E-state index contributed by atoms with van der Waals surface area (Å²) in [6.45, 7) is 5.11. The number of unbranched alkanes of at least 4 members (excludes halogenated alkanes) is 2. The number of halogens is 1. The molecule has 3 heteroatoms. The zero-order valence-corrected chi connectivity index (χ0v) is 11.4. The second-order valence-electron chi connectivity index (χ2n) is 3.69. The van der Waals surface area contributed by atoms with Crippen molar-refractivity contribution < 1.29 is 4.74 Å². The van der Waals surface area contributed by atoms with Crippen molar-refractivity contribution in [2.45, 2.75) is 26.2 Å². The summed E-state index contributed by atoms with van der Waals surface area (Å²) in [5.41, 5.74) is 0. The van der Waals surface area contributed by atoms with Crippen molar-refractivity contribution in [1.82, 2.24) is 5.32 Å². The lowest BCUT2D eigenvalue weighted by atomic mass is 10.2. The fourth-order valence-corrected chi connectivity index (χ4v) is 1.85. The highest BCUT2D eigenvalue weighted by Crippen LogP contribution is 2.23. The Hall–Kier alpha value is -0.540. The van der Waals surface area contributed by atoms with Gasteiger partial charge in [-0.3, -0.25) is 0 Å². The number of para-hydroxylation sites is 1. The van der Waals surface area contributed by atoms with Crippen molar-refractivity contribution in [1.29, 1.82) is 0 Å². The Morgan fingerprint density at radius 1 is 1.19 bits per heavy atom. The molecule has 0 aromatic heterocycles. The van der Waals surface area contributed by atoms with E-state index < -0.39 is 0 Å². The molecule has 0 atom stereocenters. The summed E-state index contributed by atoms with van der Waals surface area (Å²) < 4.78 is 6.71. The predicted octanol–water partition coefficient (Wildman–Crippen LogP) is 3.61. The number of rotatable bonds is 8. The van der Waals surface area contributed by atoms with Gasteiger partial charge in [0.25, 0.3) is 0 Å². The first kappa shape index (κ1) is 13.5. The minimum atomic E-state index is 0.800. The maximum Gasteiger partial charge on any atom is 0.133 e. The van der Waals surface area contributed by atoms with E-state index in [1.54, 1.807) is 0 Å². The molecule has 0 aliphatic heterocycles. The normalized spacial score (nSPS) is 10.4. The van der Waals surface area contributed by atoms with Crippen LogP contribution < -0.4 is 10.1 Å². The van der Waals surface area contributed by atoms with Gasteiger partial charge in [0.05, 0.1) is 11.1 Å². The molecule has 0 spiro atoms. The van der Waals surface area contributed by atoms with Crippen LogP contribution >= 0.6 is 15.9 Å². The molecule has 0 heterocycles. The second kappa shape index (κ2) is 8.59. The number of nitrogens with one attached hydrogen (secondary N) is 1. The van der Waals surface area contributed by atoms with E-state index in [1.807, 2.05) is 24.3 Å². The van der Waals surface area contributed by atoms with Gasteiger partial charge in [-0.05, 0) is 60.4 Å². The number of ether oxygens (including phenoxy) is 1. The Bertz CT molecular complexity index is 291. The summed E-state index contributed by atoms with van der Waals surface area (Å²) in [4.78, 5) is 0. The molecular formula is C13H20BrNO. The lowest BCUT2D eigenvalue weighted by Crippen LogP contribution is -2.14. The largest absolute Gasteiger partial charge is 0.492 e. The molecule has 2 nitrogen and oxygen atoms in total. The van der Waals surface area contributed by atoms with Crippen LogP contribution in [0.5, 0.6) is 5.75 Å². The second-order valence-corrected chi connectivity index (χ2v) is 4.55. The third-order valence-corrected chi connectivity index (χ3v) is 3.00. The highest BCUT2D eigenvalue weighted by atomic mass is 79.9. The van der Waals surface area contributed by atoms with Gasteiger partial charge >= 0.3 is 0 Å². The Morgan fingerprint density at radius 3 is 2.75 bits per heavy atom. The quantitative estimate of drug-likeness (QED) is 0.737. The van der Waals surface area contributed by atoms with Crippen molar-refractivity contribution in [3.05, 3.63) is 28.7 Å². The SMILES string of the molecule is CCNCCCCCOc1ccccc1Br. The van der Waals surface area contributed by atoms with E-state index in [-0.39, 0.29) is 0 Å². The summed E-state index contributed by atoms with van der Waals surface area (Å²) >= 11 is 3.46. The van der Waals surface area contributed by atoms with Crippen LogP contribution in [0.15, 0.2) is 28.7 Å². The van der Waals surface area contributed by atoms with Gasteiger partial charge in [-0.15, -0.1) is 0 Å². The van der Waals surface area contributed by atoms with E-state index in [0.29, 0.717) is 0 Å². The van der Waals surface area contributed by atoms with Crippen molar-refractivity contribution in [3.8, 4) is 5.75 Å². The molecule has 1 aromatic rings. The fraction of sp³-hybridized carbons (Fsp3) is 0.538. The zero-order valence-electron chi connectivity index (χ0n) is 9.84. The highest BCUT2D eigenvalue weighted by molar-refractivity contribution is 9.10. The van der Waals surface area contributed by atoms with Gasteiger partial charge in [0, 0.05) is 0 Å². The number of hydrogen-bond donors (Lipinski definition) is 1. The summed E-state index contributed by atoms with van der Waals surface area (Å²) in [7, 11) is 0. The van der Waals surface area contributed by atoms with Crippen LogP contribution in [-0.4, -0.2) is 19.7 Å². The van der Waals surface area contributed by atoms with Gasteiger partial charge in [-0.1, -0.05) is 19.1 Å². The minimum Gasteiger partial charge on any atom is -0.492 e. The summed E-state index contributed by atoms with van der Waals surface area (Å²) in [5, 5.41) is 3.32. The molecular weight excluding hydrogens is 266 g/mol. The lowest BCUT2D eigenvalue weighted by molar-refractivity contribution is 0.303.